The smallest absolute Gasteiger partial charge is 0.412 e. The third-order valence-electron chi connectivity index (χ3n) is 4.62. The van der Waals surface area contributed by atoms with E-state index in [-0.39, 0.29) is 5.41 Å². The van der Waals surface area contributed by atoms with Crippen molar-refractivity contribution in [2.75, 3.05) is 19.0 Å². The van der Waals surface area contributed by atoms with Gasteiger partial charge in [0, 0.05) is 23.2 Å². The molecule has 24 heavy (non-hydrogen) atoms. The van der Waals surface area contributed by atoms with Crippen LogP contribution in [0.15, 0.2) is 18.2 Å². The molecule has 0 heterocycles. The SMILES string of the molecule is COc1ccc(NC(=O)OC(C)(C)C)cc1C1(CN)CCCCC1. The van der Waals surface area contributed by atoms with Crippen LogP contribution in [0.1, 0.15) is 58.4 Å². The van der Waals surface area contributed by atoms with Gasteiger partial charge in [0.25, 0.3) is 0 Å². The first-order valence-electron chi connectivity index (χ1n) is 8.68. The van der Waals surface area contributed by atoms with Gasteiger partial charge in [-0.3, -0.25) is 5.32 Å². The van der Waals surface area contributed by atoms with Crippen LogP contribution in [0.5, 0.6) is 5.75 Å². The van der Waals surface area contributed by atoms with Crippen molar-refractivity contribution in [3.8, 4) is 5.75 Å². The zero-order chi connectivity index (χ0) is 17.8. The second-order valence-electron chi connectivity index (χ2n) is 7.59. The lowest BCUT2D eigenvalue weighted by atomic mass is 9.69. The third kappa shape index (κ3) is 4.41. The zero-order valence-corrected chi connectivity index (χ0v) is 15.3. The molecule has 5 nitrogen and oxygen atoms in total. The number of benzene rings is 1. The van der Waals surface area contributed by atoms with Gasteiger partial charge in [-0.25, -0.2) is 4.79 Å². The summed E-state index contributed by atoms with van der Waals surface area (Å²) in [6, 6.07) is 5.72. The summed E-state index contributed by atoms with van der Waals surface area (Å²) in [6.07, 6.45) is 5.24. The van der Waals surface area contributed by atoms with Crippen molar-refractivity contribution < 1.29 is 14.3 Å². The second-order valence-corrected chi connectivity index (χ2v) is 7.59. The molecule has 0 aliphatic heterocycles. The lowest BCUT2D eigenvalue weighted by Crippen LogP contribution is -2.37. The summed E-state index contributed by atoms with van der Waals surface area (Å²) in [4.78, 5) is 12.0. The van der Waals surface area contributed by atoms with E-state index >= 15 is 0 Å². The summed E-state index contributed by atoms with van der Waals surface area (Å²) in [7, 11) is 1.67. The summed E-state index contributed by atoms with van der Waals surface area (Å²) in [6.45, 7) is 6.12. The Hall–Kier alpha value is -1.75. The number of hydrogen-bond acceptors (Lipinski definition) is 4. The van der Waals surface area contributed by atoms with Crippen LogP contribution < -0.4 is 15.8 Å². The number of nitrogens with two attached hydrogens (primary N) is 1. The van der Waals surface area contributed by atoms with Crippen LogP contribution in [0.3, 0.4) is 0 Å². The monoisotopic (exact) mass is 334 g/mol. The molecular weight excluding hydrogens is 304 g/mol. The molecule has 0 aromatic heterocycles. The molecule has 1 aliphatic carbocycles. The van der Waals surface area contributed by atoms with Crippen LogP contribution in [0.2, 0.25) is 0 Å². The number of amides is 1. The van der Waals surface area contributed by atoms with Gasteiger partial charge in [0.2, 0.25) is 0 Å². The number of nitrogens with one attached hydrogen (secondary N) is 1. The predicted molar refractivity (Wildman–Crippen MR) is 96.7 cm³/mol. The molecule has 0 spiro atoms. The number of anilines is 1. The second kappa shape index (κ2) is 7.43. The predicted octanol–water partition coefficient (Wildman–Crippen LogP) is 4.20. The average Bonchev–Trinajstić information content (AvgIpc) is 2.53. The Balaban J connectivity index is 2.28. The number of rotatable bonds is 4. The van der Waals surface area contributed by atoms with E-state index in [1.807, 2.05) is 39.0 Å². The summed E-state index contributed by atoms with van der Waals surface area (Å²) >= 11 is 0. The molecule has 1 fully saturated rings. The molecule has 0 saturated heterocycles. The van der Waals surface area contributed by atoms with Crippen LogP contribution in [0, 0.1) is 0 Å². The Morgan fingerprint density at radius 1 is 1.25 bits per heavy atom. The van der Waals surface area contributed by atoms with Crippen LogP contribution in [-0.2, 0) is 10.2 Å². The standard InChI is InChI=1S/C19H30N2O3/c1-18(2,3)24-17(22)21-14-8-9-16(23-4)15(12-14)19(13-20)10-6-5-7-11-19/h8-9,12H,5-7,10-11,13,20H2,1-4H3,(H,21,22). The quantitative estimate of drug-likeness (QED) is 0.865. The van der Waals surface area contributed by atoms with E-state index in [1.54, 1.807) is 7.11 Å². The molecule has 3 N–H and O–H groups in total. The Bertz CT molecular complexity index is 572. The van der Waals surface area contributed by atoms with E-state index in [2.05, 4.69) is 5.32 Å². The lowest BCUT2D eigenvalue weighted by Gasteiger charge is -2.38. The van der Waals surface area contributed by atoms with Gasteiger partial charge in [0.05, 0.1) is 7.11 Å². The third-order valence-corrected chi connectivity index (χ3v) is 4.62. The molecule has 1 saturated carbocycles. The Kier molecular flexibility index (Phi) is 5.75. The van der Waals surface area contributed by atoms with E-state index in [0.29, 0.717) is 12.2 Å². The number of carbonyl (C=O) groups is 1. The molecule has 1 aliphatic rings. The van der Waals surface area contributed by atoms with Crippen molar-refractivity contribution in [3.05, 3.63) is 23.8 Å². The lowest BCUT2D eigenvalue weighted by molar-refractivity contribution is 0.0636. The Labute approximate surface area is 144 Å². The molecular formula is C19H30N2O3. The summed E-state index contributed by atoms with van der Waals surface area (Å²) in [5, 5.41) is 2.81. The van der Waals surface area contributed by atoms with Gasteiger partial charge in [-0.15, -0.1) is 0 Å². The largest absolute Gasteiger partial charge is 0.496 e. The van der Waals surface area contributed by atoms with E-state index in [1.165, 1.54) is 19.3 Å². The molecule has 0 unspecified atom stereocenters. The maximum atomic E-state index is 12.0. The molecule has 1 amide bonds. The molecule has 134 valence electrons. The van der Waals surface area contributed by atoms with Crippen LogP contribution in [0.4, 0.5) is 10.5 Å². The Morgan fingerprint density at radius 2 is 1.92 bits per heavy atom. The van der Waals surface area contributed by atoms with E-state index < -0.39 is 11.7 Å². The van der Waals surface area contributed by atoms with Crippen molar-refractivity contribution in [1.29, 1.82) is 0 Å². The summed E-state index contributed by atoms with van der Waals surface area (Å²) in [5.41, 5.74) is 7.35. The van der Waals surface area contributed by atoms with Gasteiger partial charge in [0.1, 0.15) is 11.4 Å². The summed E-state index contributed by atoms with van der Waals surface area (Å²) < 4.78 is 10.9. The molecule has 1 aromatic carbocycles. The van der Waals surface area contributed by atoms with Crippen molar-refractivity contribution in [1.82, 2.24) is 0 Å². The first-order chi connectivity index (χ1) is 11.3. The van der Waals surface area contributed by atoms with Crippen LogP contribution in [0.25, 0.3) is 0 Å². The topological polar surface area (TPSA) is 73.6 Å². The van der Waals surface area contributed by atoms with Crippen LogP contribution >= 0.6 is 0 Å². The van der Waals surface area contributed by atoms with Crippen molar-refractivity contribution in [2.24, 2.45) is 5.73 Å². The molecule has 0 radical (unpaired) electrons. The normalized spacial score (nSPS) is 17.2. The van der Waals surface area contributed by atoms with Gasteiger partial charge >= 0.3 is 6.09 Å². The number of carbonyl (C=O) groups excluding carboxylic acids is 1. The molecule has 2 rings (SSSR count). The highest BCUT2D eigenvalue weighted by molar-refractivity contribution is 5.85. The fraction of sp³-hybridized carbons (Fsp3) is 0.632. The average molecular weight is 334 g/mol. The van der Waals surface area contributed by atoms with Crippen molar-refractivity contribution in [2.45, 2.75) is 63.9 Å². The zero-order valence-electron chi connectivity index (χ0n) is 15.3. The minimum absolute atomic E-state index is 0.0742. The highest BCUT2D eigenvalue weighted by Gasteiger charge is 2.35. The fourth-order valence-electron chi connectivity index (χ4n) is 3.43. The first-order valence-corrected chi connectivity index (χ1v) is 8.68. The van der Waals surface area contributed by atoms with Crippen molar-refractivity contribution in [3.63, 3.8) is 0 Å². The van der Waals surface area contributed by atoms with E-state index in [0.717, 1.165) is 24.2 Å². The number of methoxy groups -OCH3 is 1. The summed E-state index contributed by atoms with van der Waals surface area (Å²) in [5.74, 6) is 0.831. The maximum absolute atomic E-state index is 12.0. The first kappa shape index (κ1) is 18.6. The highest BCUT2D eigenvalue weighted by atomic mass is 16.6. The van der Waals surface area contributed by atoms with Gasteiger partial charge in [0.15, 0.2) is 0 Å². The minimum Gasteiger partial charge on any atom is -0.496 e. The maximum Gasteiger partial charge on any atom is 0.412 e. The van der Waals surface area contributed by atoms with Gasteiger partial charge in [-0.2, -0.15) is 0 Å². The van der Waals surface area contributed by atoms with Gasteiger partial charge < -0.3 is 15.2 Å². The minimum atomic E-state index is -0.527. The molecule has 1 aromatic rings. The van der Waals surface area contributed by atoms with Crippen molar-refractivity contribution >= 4 is 11.8 Å². The highest BCUT2D eigenvalue weighted by Crippen LogP contribution is 2.43. The fourth-order valence-corrected chi connectivity index (χ4v) is 3.43. The van der Waals surface area contributed by atoms with E-state index in [9.17, 15) is 4.79 Å². The number of hydrogen-bond donors (Lipinski definition) is 2. The van der Waals surface area contributed by atoms with E-state index in [4.69, 9.17) is 15.2 Å². The van der Waals surface area contributed by atoms with Gasteiger partial charge in [-0.1, -0.05) is 19.3 Å². The Morgan fingerprint density at radius 3 is 2.46 bits per heavy atom. The van der Waals surface area contributed by atoms with Gasteiger partial charge in [-0.05, 0) is 51.8 Å². The number of ether oxygens (including phenoxy) is 2. The van der Waals surface area contributed by atoms with Crippen LogP contribution in [-0.4, -0.2) is 25.3 Å². The molecule has 0 bridgehead atoms. The molecule has 5 heteroatoms. The molecule has 0 atom stereocenters.